The van der Waals surface area contributed by atoms with E-state index in [-0.39, 0.29) is 0 Å². The second kappa shape index (κ2) is 4.46. The van der Waals surface area contributed by atoms with Gasteiger partial charge in [-0.15, -0.1) is 5.10 Å². The predicted molar refractivity (Wildman–Crippen MR) is 73.3 cm³/mol. The highest BCUT2D eigenvalue weighted by molar-refractivity contribution is 5.38. The predicted octanol–water partition coefficient (Wildman–Crippen LogP) is 2.34. The van der Waals surface area contributed by atoms with Gasteiger partial charge in [-0.1, -0.05) is 11.3 Å². The molecule has 100 valence electrons. The van der Waals surface area contributed by atoms with Gasteiger partial charge in [0.2, 0.25) is 0 Å². The van der Waals surface area contributed by atoms with Crippen LogP contribution in [-0.2, 0) is 6.42 Å². The minimum Gasteiger partial charge on any atom is -0.389 e. The molecule has 0 radical (unpaired) electrons. The number of hydrogen-bond acceptors (Lipinski definition) is 3. The van der Waals surface area contributed by atoms with Crippen LogP contribution in [0.4, 0.5) is 0 Å². The van der Waals surface area contributed by atoms with Gasteiger partial charge in [0, 0.05) is 6.42 Å². The average Bonchev–Trinajstić information content (AvgIpc) is 2.74. The number of nitrogens with zero attached hydrogens (tertiary/aromatic N) is 3. The third-order valence-electron chi connectivity index (χ3n) is 3.81. The van der Waals surface area contributed by atoms with Gasteiger partial charge in [-0.25, -0.2) is 4.68 Å². The van der Waals surface area contributed by atoms with Crippen LogP contribution in [0.1, 0.15) is 36.1 Å². The van der Waals surface area contributed by atoms with Crippen molar-refractivity contribution >= 4 is 0 Å². The van der Waals surface area contributed by atoms with E-state index in [2.05, 4.69) is 42.4 Å². The summed E-state index contributed by atoms with van der Waals surface area (Å²) in [5, 5.41) is 18.5. The third kappa shape index (κ3) is 2.54. The molecule has 1 aliphatic rings. The van der Waals surface area contributed by atoms with Crippen molar-refractivity contribution in [2.24, 2.45) is 0 Å². The number of benzene rings is 1. The standard InChI is InChI=1S/C15H19N3O/c1-11-6-12(2)8-14(7-11)18-10-13(16-17-18)9-15(19)4-3-5-15/h6-8,10,19H,3-5,9H2,1-2H3. The minimum absolute atomic E-state index is 0.538. The molecule has 1 N–H and O–H groups in total. The van der Waals surface area contributed by atoms with Crippen LogP contribution in [0.15, 0.2) is 24.4 Å². The van der Waals surface area contributed by atoms with Crippen molar-refractivity contribution in [1.29, 1.82) is 0 Å². The molecule has 0 atom stereocenters. The van der Waals surface area contributed by atoms with E-state index in [0.29, 0.717) is 6.42 Å². The molecular weight excluding hydrogens is 238 g/mol. The third-order valence-corrected chi connectivity index (χ3v) is 3.81. The second-order valence-electron chi connectivity index (χ2n) is 5.76. The second-order valence-corrected chi connectivity index (χ2v) is 5.76. The molecule has 0 aliphatic heterocycles. The van der Waals surface area contributed by atoms with Gasteiger partial charge < -0.3 is 5.11 Å². The molecule has 1 heterocycles. The van der Waals surface area contributed by atoms with Crippen LogP contribution in [0.3, 0.4) is 0 Å². The van der Waals surface area contributed by atoms with Crippen LogP contribution >= 0.6 is 0 Å². The summed E-state index contributed by atoms with van der Waals surface area (Å²) in [4.78, 5) is 0. The molecule has 0 spiro atoms. The zero-order valence-electron chi connectivity index (χ0n) is 11.4. The lowest BCUT2D eigenvalue weighted by atomic mass is 9.77. The molecule has 1 aliphatic carbocycles. The van der Waals surface area contributed by atoms with E-state index < -0.39 is 5.60 Å². The molecule has 19 heavy (non-hydrogen) atoms. The Kier molecular flexibility index (Phi) is 2.90. The van der Waals surface area contributed by atoms with Gasteiger partial charge >= 0.3 is 0 Å². The van der Waals surface area contributed by atoms with Gasteiger partial charge in [-0.3, -0.25) is 0 Å². The SMILES string of the molecule is Cc1cc(C)cc(-n2cc(CC3(O)CCC3)nn2)c1. The molecule has 1 aromatic heterocycles. The fraction of sp³-hybridized carbons (Fsp3) is 0.467. The summed E-state index contributed by atoms with van der Waals surface area (Å²) in [6, 6.07) is 6.31. The zero-order valence-corrected chi connectivity index (χ0v) is 11.4. The lowest BCUT2D eigenvalue weighted by molar-refractivity contribution is -0.0330. The molecular formula is C15H19N3O. The van der Waals surface area contributed by atoms with Crippen molar-refractivity contribution in [1.82, 2.24) is 15.0 Å². The number of rotatable bonds is 3. The number of aliphatic hydroxyl groups is 1. The summed E-state index contributed by atoms with van der Waals surface area (Å²) in [6.07, 6.45) is 5.40. The van der Waals surface area contributed by atoms with Crippen molar-refractivity contribution in [3.05, 3.63) is 41.2 Å². The van der Waals surface area contributed by atoms with E-state index in [1.807, 2.05) is 6.20 Å². The van der Waals surface area contributed by atoms with Crippen LogP contribution in [0.2, 0.25) is 0 Å². The Morgan fingerprint density at radius 3 is 2.47 bits per heavy atom. The van der Waals surface area contributed by atoms with Gasteiger partial charge in [0.1, 0.15) is 0 Å². The van der Waals surface area contributed by atoms with Crippen molar-refractivity contribution in [2.45, 2.75) is 45.1 Å². The van der Waals surface area contributed by atoms with E-state index in [1.54, 1.807) is 4.68 Å². The van der Waals surface area contributed by atoms with Gasteiger partial charge in [-0.05, 0) is 56.4 Å². The zero-order chi connectivity index (χ0) is 13.5. The first-order chi connectivity index (χ1) is 9.04. The van der Waals surface area contributed by atoms with Gasteiger partial charge in [0.05, 0.1) is 23.2 Å². The maximum atomic E-state index is 10.2. The Bertz CT molecular complexity index is 579. The average molecular weight is 257 g/mol. The highest BCUT2D eigenvalue weighted by Crippen LogP contribution is 2.34. The summed E-state index contributed by atoms with van der Waals surface area (Å²) < 4.78 is 1.79. The quantitative estimate of drug-likeness (QED) is 0.918. The lowest BCUT2D eigenvalue weighted by Crippen LogP contribution is -2.39. The fourth-order valence-corrected chi connectivity index (χ4v) is 2.69. The monoisotopic (exact) mass is 257 g/mol. The van der Waals surface area contributed by atoms with Crippen LogP contribution in [0.25, 0.3) is 5.69 Å². The van der Waals surface area contributed by atoms with E-state index in [0.717, 1.165) is 30.6 Å². The normalized spacial score (nSPS) is 17.2. The molecule has 3 rings (SSSR count). The molecule has 1 aromatic carbocycles. The Labute approximate surface area is 113 Å². The fourth-order valence-electron chi connectivity index (χ4n) is 2.69. The van der Waals surface area contributed by atoms with Crippen molar-refractivity contribution in [2.75, 3.05) is 0 Å². The molecule has 0 saturated heterocycles. The number of aryl methyl sites for hydroxylation is 2. The number of aromatic nitrogens is 3. The maximum Gasteiger partial charge on any atom is 0.0860 e. The summed E-state index contributed by atoms with van der Waals surface area (Å²) in [5.74, 6) is 0. The van der Waals surface area contributed by atoms with Gasteiger partial charge in [-0.2, -0.15) is 0 Å². The van der Waals surface area contributed by atoms with Gasteiger partial charge in [0.15, 0.2) is 0 Å². The molecule has 4 heteroatoms. The summed E-state index contributed by atoms with van der Waals surface area (Å²) in [6.45, 7) is 4.15. The van der Waals surface area contributed by atoms with Crippen molar-refractivity contribution in [3.63, 3.8) is 0 Å². The van der Waals surface area contributed by atoms with Crippen molar-refractivity contribution in [3.8, 4) is 5.69 Å². The van der Waals surface area contributed by atoms with E-state index in [4.69, 9.17) is 0 Å². The van der Waals surface area contributed by atoms with E-state index >= 15 is 0 Å². The first-order valence-corrected chi connectivity index (χ1v) is 6.76. The van der Waals surface area contributed by atoms with Crippen molar-refractivity contribution < 1.29 is 5.11 Å². The molecule has 1 fully saturated rings. The first-order valence-electron chi connectivity index (χ1n) is 6.76. The molecule has 0 unspecified atom stereocenters. The van der Waals surface area contributed by atoms with Crippen LogP contribution < -0.4 is 0 Å². The smallest absolute Gasteiger partial charge is 0.0860 e. The maximum absolute atomic E-state index is 10.2. The van der Waals surface area contributed by atoms with Crippen LogP contribution in [0.5, 0.6) is 0 Å². The lowest BCUT2D eigenvalue weighted by Gasteiger charge is -2.35. The van der Waals surface area contributed by atoms with Crippen LogP contribution in [0, 0.1) is 13.8 Å². The van der Waals surface area contributed by atoms with Gasteiger partial charge in [0.25, 0.3) is 0 Å². The molecule has 0 bridgehead atoms. The summed E-state index contributed by atoms with van der Waals surface area (Å²) in [7, 11) is 0. The topological polar surface area (TPSA) is 50.9 Å². The largest absolute Gasteiger partial charge is 0.389 e. The summed E-state index contributed by atoms with van der Waals surface area (Å²) in [5.41, 5.74) is 3.77. The molecule has 0 amide bonds. The Hall–Kier alpha value is -1.68. The van der Waals surface area contributed by atoms with Crippen LogP contribution in [-0.4, -0.2) is 25.7 Å². The van der Waals surface area contributed by atoms with E-state index in [9.17, 15) is 5.11 Å². The minimum atomic E-state index is -0.538. The molecule has 4 nitrogen and oxygen atoms in total. The Morgan fingerprint density at radius 2 is 1.89 bits per heavy atom. The Morgan fingerprint density at radius 1 is 1.21 bits per heavy atom. The number of hydrogen-bond donors (Lipinski definition) is 1. The molecule has 2 aromatic rings. The summed E-state index contributed by atoms with van der Waals surface area (Å²) >= 11 is 0. The Balaban J connectivity index is 1.84. The van der Waals surface area contributed by atoms with E-state index in [1.165, 1.54) is 11.1 Å². The highest BCUT2D eigenvalue weighted by Gasteiger charge is 2.35. The first kappa shape index (κ1) is 12.4. The highest BCUT2D eigenvalue weighted by atomic mass is 16.3. The molecule has 1 saturated carbocycles.